The Hall–Kier alpha value is -4.72. The number of hydrogen-bond acceptors (Lipinski definition) is 9. The van der Waals surface area contributed by atoms with Crippen LogP contribution in [0.1, 0.15) is 41.6 Å². The summed E-state index contributed by atoms with van der Waals surface area (Å²) in [5, 5.41) is 12.4. The molecule has 0 aliphatic carbocycles. The second-order valence-corrected chi connectivity index (χ2v) is 14.4. The van der Waals surface area contributed by atoms with Gasteiger partial charge in [-0.15, -0.1) is 0 Å². The van der Waals surface area contributed by atoms with E-state index in [4.69, 9.17) is 14.7 Å². The molecule has 4 aliphatic heterocycles. The Bertz CT molecular complexity index is 1910. The van der Waals surface area contributed by atoms with Crippen molar-refractivity contribution in [1.29, 1.82) is 5.26 Å². The molecule has 0 N–H and O–H groups in total. The molecule has 10 heteroatoms. The van der Waals surface area contributed by atoms with E-state index in [1.165, 1.54) is 34.0 Å². The van der Waals surface area contributed by atoms with Gasteiger partial charge in [-0.25, -0.2) is 0 Å². The highest BCUT2D eigenvalue weighted by atomic mass is 16.5. The SMILES string of the molecule is Cc1cccc2cccc(N3CCc4c(nc(OCC5CCCN5C)nc4N4CCN(C(=O)C5CN5Cc5ccccc5)C(CC#N)C4)C3)c12. The molecule has 0 spiro atoms. The van der Waals surface area contributed by atoms with Gasteiger partial charge in [-0.05, 0) is 62.4 Å². The van der Waals surface area contributed by atoms with Crippen LogP contribution in [0.2, 0.25) is 0 Å². The second-order valence-electron chi connectivity index (χ2n) is 14.4. The highest BCUT2D eigenvalue weighted by Crippen LogP contribution is 2.36. The molecular formula is C40H46N8O2. The van der Waals surface area contributed by atoms with Crippen LogP contribution < -0.4 is 14.5 Å². The number of ether oxygens (including phenoxy) is 1. The topological polar surface area (TPSA) is 91.8 Å². The molecule has 3 saturated heterocycles. The maximum absolute atomic E-state index is 13.8. The zero-order chi connectivity index (χ0) is 34.2. The van der Waals surface area contributed by atoms with E-state index in [1.54, 1.807) is 0 Å². The summed E-state index contributed by atoms with van der Waals surface area (Å²) < 4.78 is 6.39. The average Bonchev–Trinajstić information content (AvgIpc) is 3.78. The summed E-state index contributed by atoms with van der Waals surface area (Å²) >= 11 is 0. The van der Waals surface area contributed by atoms with Gasteiger partial charge in [-0.2, -0.15) is 15.2 Å². The molecule has 4 atom stereocenters. The molecule has 4 aliphatic rings. The van der Waals surface area contributed by atoms with Crippen LogP contribution in [0.15, 0.2) is 66.7 Å². The summed E-state index contributed by atoms with van der Waals surface area (Å²) in [6, 6.07) is 26.1. The molecule has 3 aromatic carbocycles. The summed E-state index contributed by atoms with van der Waals surface area (Å²) in [6.45, 7) is 8.63. The molecular weight excluding hydrogens is 624 g/mol. The minimum Gasteiger partial charge on any atom is -0.462 e. The fraction of sp³-hybridized carbons (Fsp3) is 0.450. The lowest BCUT2D eigenvalue weighted by Crippen LogP contribution is -2.57. The first-order valence-corrected chi connectivity index (χ1v) is 18.1. The number of aromatic nitrogens is 2. The molecule has 0 saturated carbocycles. The first kappa shape index (κ1) is 32.5. The average molecular weight is 671 g/mol. The van der Waals surface area contributed by atoms with Crippen LogP contribution in [0.3, 0.4) is 0 Å². The number of aryl methyl sites for hydroxylation is 1. The van der Waals surface area contributed by atoms with Crippen molar-refractivity contribution in [2.75, 3.05) is 62.7 Å². The zero-order valence-electron chi connectivity index (χ0n) is 29.2. The predicted molar refractivity (Wildman–Crippen MR) is 195 cm³/mol. The highest BCUT2D eigenvalue weighted by Gasteiger charge is 2.45. The number of piperazine rings is 1. The van der Waals surface area contributed by atoms with E-state index in [9.17, 15) is 10.1 Å². The molecule has 3 fully saturated rings. The van der Waals surface area contributed by atoms with Gasteiger partial charge < -0.3 is 24.3 Å². The number of anilines is 2. The van der Waals surface area contributed by atoms with E-state index < -0.39 is 0 Å². The van der Waals surface area contributed by atoms with Crippen molar-refractivity contribution in [3.05, 3.63) is 89.1 Å². The standard InChI is InChI=1S/C40H46N8O2/c1-28-9-6-12-30-13-7-15-35(37(28)30)45-20-17-33-34(25-45)42-40(50-27-32-14-8-19-44(32)2)43-38(33)46-21-22-48(31(24-46)16-18-41)39(49)36-26-47(36)23-29-10-4-3-5-11-29/h3-7,9-13,15,31-32,36H,8,14,16-17,19-27H2,1-2H3. The molecule has 10 nitrogen and oxygen atoms in total. The van der Waals surface area contributed by atoms with Gasteiger partial charge in [-0.1, -0.05) is 60.7 Å². The number of rotatable bonds is 9. The first-order valence-electron chi connectivity index (χ1n) is 18.1. The number of likely N-dealkylation sites (N-methyl/N-ethyl adjacent to an activating group) is 1. The molecule has 1 aromatic heterocycles. The maximum Gasteiger partial charge on any atom is 0.318 e. The van der Waals surface area contributed by atoms with Crippen LogP contribution in [0, 0.1) is 18.3 Å². The third-order valence-corrected chi connectivity index (χ3v) is 11.2. The van der Waals surface area contributed by atoms with Gasteiger partial charge >= 0.3 is 6.01 Å². The van der Waals surface area contributed by atoms with Crippen LogP contribution >= 0.6 is 0 Å². The molecule has 8 rings (SSSR count). The lowest BCUT2D eigenvalue weighted by Gasteiger charge is -2.42. The van der Waals surface area contributed by atoms with E-state index in [0.717, 1.165) is 56.1 Å². The minimum atomic E-state index is -0.207. The first-order chi connectivity index (χ1) is 24.5. The fourth-order valence-electron chi connectivity index (χ4n) is 8.26. The molecule has 4 unspecified atom stereocenters. The zero-order valence-corrected chi connectivity index (χ0v) is 29.2. The van der Waals surface area contributed by atoms with Crippen molar-refractivity contribution in [1.82, 2.24) is 24.7 Å². The van der Waals surface area contributed by atoms with Crippen LogP contribution in [0.5, 0.6) is 6.01 Å². The third-order valence-electron chi connectivity index (χ3n) is 11.2. The monoisotopic (exact) mass is 670 g/mol. The number of amides is 1. The number of nitrogens with zero attached hydrogens (tertiary/aromatic N) is 8. The lowest BCUT2D eigenvalue weighted by molar-refractivity contribution is -0.134. The number of fused-ring (bicyclic) bond motifs is 2. The molecule has 258 valence electrons. The van der Waals surface area contributed by atoms with Crippen LogP contribution in [0.25, 0.3) is 10.8 Å². The van der Waals surface area contributed by atoms with Gasteiger partial charge in [-0.3, -0.25) is 9.69 Å². The summed E-state index contributed by atoms with van der Waals surface area (Å²) in [6.07, 6.45) is 3.37. The number of carbonyl (C=O) groups excluding carboxylic acids is 1. The molecule has 0 radical (unpaired) electrons. The molecule has 0 bridgehead atoms. The van der Waals surface area contributed by atoms with E-state index in [-0.39, 0.29) is 24.4 Å². The Labute approximate surface area is 294 Å². The van der Waals surface area contributed by atoms with Crippen LogP contribution in [-0.4, -0.2) is 102 Å². The molecule has 5 heterocycles. The largest absolute Gasteiger partial charge is 0.462 e. The summed E-state index contributed by atoms with van der Waals surface area (Å²) in [5.74, 6) is 1.03. The Morgan fingerprint density at radius 1 is 0.940 bits per heavy atom. The smallest absolute Gasteiger partial charge is 0.318 e. The van der Waals surface area contributed by atoms with Crippen molar-refractivity contribution in [2.24, 2.45) is 0 Å². The number of benzene rings is 3. The van der Waals surface area contributed by atoms with E-state index in [2.05, 4.69) is 88.2 Å². The van der Waals surface area contributed by atoms with Crippen LogP contribution in [0.4, 0.5) is 11.5 Å². The Balaban J connectivity index is 1.05. The Morgan fingerprint density at radius 2 is 1.78 bits per heavy atom. The van der Waals surface area contributed by atoms with E-state index in [1.807, 2.05) is 23.1 Å². The molecule has 4 aromatic rings. The number of hydrogen-bond donors (Lipinski definition) is 0. The van der Waals surface area contributed by atoms with Gasteiger partial charge in [0.25, 0.3) is 0 Å². The van der Waals surface area contributed by atoms with E-state index >= 15 is 0 Å². The van der Waals surface area contributed by atoms with Crippen molar-refractivity contribution >= 4 is 28.2 Å². The van der Waals surface area contributed by atoms with Crippen molar-refractivity contribution in [2.45, 2.75) is 63.8 Å². The van der Waals surface area contributed by atoms with Crippen molar-refractivity contribution in [3.8, 4) is 12.1 Å². The predicted octanol–water partition coefficient (Wildman–Crippen LogP) is 4.79. The summed E-state index contributed by atoms with van der Waals surface area (Å²) in [5.41, 5.74) is 5.84. The third kappa shape index (κ3) is 6.48. The van der Waals surface area contributed by atoms with Crippen LogP contribution in [-0.2, 0) is 24.3 Å². The number of likely N-dealkylation sites (tertiary alicyclic amines) is 1. The second kappa shape index (κ2) is 13.9. The quantitative estimate of drug-likeness (QED) is 0.233. The Morgan fingerprint density at radius 3 is 2.58 bits per heavy atom. The minimum absolute atomic E-state index is 0.118. The summed E-state index contributed by atoms with van der Waals surface area (Å²) in [4.78, 5) is 35.2. The van der Waals surface area contributed by atoms with Gasteiger partial charge in [0.1, 0.15) is 18.5 Å². The maximum atomic E-state index is 13.8. The van der Waals surface area contributed by atoms with Crippen molar-refractivity contribution in [3.63, 3.8) is 0 Å². The lowest BCUT2D eigenvalue weighted by atomic mass is 9.99. The molecule has 1 amide bonds. The molecule has 50 heavy (non-hydrogen) atoms. The van der Waals surface area contributed by atoms with E-state index in [0.29, 0.717) is 44.8 Å². The normalized spacial score (nSPS) is 23.5. The van der Waals surface area contributed by atoms with Gasteiger partial charge in [0, 0.05) is 61.9 Å². The highest BCUT2D eigenvalue weighted by molar-refractivity contribution is 5.97. The van der Waals surface area contributed by atoms with Crippen molar-refractivity contribution < 1.29 is 9.53 Å². The van der Waals surface area contributed by atoms with Gasteiger partial charge in [0.15, 0.2) is 0 Å². The Kier molecular flexibility index (Phi) is 9.02. The summed E-state index contributed by atoms with van der Waals surface area (Å²) in [7, 11) is 2.16. The number of carbonyl (C=O) groups is 1. The van der Waals surface area contributed by atoms with Gasteiger partial charge in [0.2, 0.25) is 5.91 Å². The fourth-order valence-corrected chi connectivity index (χ4v) is 8.26. The number of nitriles is 1. The van der Waals surface area contributed by atoms with Gasteiger partial charge in [0.05, 0.1) is 30.8 Å².